The predicted molar refractivity (Wildman–Crippen MR) is 120 cm³/mol. The van der Waals surface area contributed by atoms with Gasteiger partial charge in [0.2, 0.25) is 5.96 Å². The van der Waals surface area contributed by atoms with Gasteiger partial charge in [-0.3, -0.25) is 5.41 Å². The smallest absolute Gasteiger partial charge is 0.338 e. The van der Waals surface area contributed by atoms with Crippen LogP contribution in [0.15, 0.2) is 64.5 Å². The van der Waals surface area contributed by atoms with E-state index in [0.29, 0.717) is 29.3 Å². The number of anilines is 1. The van der Waals surface area contributed by atoms with Crippen molar-refractivity contribution >= 4 is 46.6 Å². The fraction of sp³-hybridized carbons (Fsp3) is 0.190. The summed E-state index contributed by atoms with van der Waals surface area (Å²) >= 11 is 3.10. The topological polar surface area (TPSA) is 79.5 Å². The minimum Gasteiger partial charge on any atom is -0.462 e. The number of nitrogens with zero attached hydrogens (tertiary/aromatic N) is 2. The zero-order chi connectivity index (χ0) is 20.8. The van der Waals surface area contributed by atoms with Crippen LogP contribution in [0.4, 0.5) is 11.4 Å². The van der Waals surface area contributed by atoms with Gasteiger partial charge in [0.25, 0.3) is 0 Å². The number of esters is 1. The van der Waals surface area contributed by atoms with Gasteiger partial charge in [-0.2, -0.15) is 0 Å². The Morgan fingerprint density at radius 1 is 1.24 bits per heavy atom. The van der Waals surface area contributed by atoms with E-state index < -0.39 is 0 Å². The lowest BCUT2D eigenvalue weighted by atomic mass is 10.2. The SMILES string of the molecule is CCOC(=O)c1ccc(N=C(Nc2cccc(SC)c2)n2sc(C)cc2=N)cc1. The van der Waals surface area contributed by atoms with Crippen molar-refractivity contribution in [2.75, 3.05) is 18.2 Å². The Labute approximate surface area is 177 Å². The number of hydrogen-bond donors (Lipinski definition) is 2. The third-order valence-corrected chi connectivity index (χ3v) is 5.61. The largest absolute Gasteiger partial charge is 0.462 e. The first-order chi connectivity index (χ1) is 14.0. The molecule has 0 saturated carbocycles. The zero-order valence-corrected chi connectivity index (χ0v) is 18.1. The van der Waals surface area contributed by atoms with Crippen molar-refractivity contribution in [2.24, 2.45) is 4.99 Å². The summed E-state index contributed by atoms with van der Waals surface area (Å²) in [6.07, 6.45) is 2.03. The third kappa shape index (κ3) is 5.36. The molecular weight excluding hydrogens is 404 g/mol. The number of benzene rings is 2. The fourth-order valence-electron chi connectivity index (χ4n) is 2.59. The number of carbonyl (C=O) groups excluding carboxylic acids is 1. The summed E-state index contributed by atoms with van der Waals surface area (Å²) in [6, 6.07) is 16.7. The molecule has 3 rings (SSSR count). The third-order valence-electron chi connectivity index (χ3n) is 3.93. The van der Waals surface area contributed by atoms with Crippen molar-refractivity contribution in [3.05, 3.63) is 70.5 Å². The molecule has 6 nitrogen and oxygen atoms in total. The van der Waals surface area contributed by atoms with Gasteiger partial charge in [0.15, 0.2) is 0 Å². The molecule has 0 aliphatic carbocycles. The van der Waals surface area contributed by atoms with E-state index >= 15 is 0 Å². The Hall–Kier alpha value is -2.84. The molecule has 8 heteroatoms. The molecule has 0 spiro atoms. The number of rotatable bonds is 5. The molecule has 0 radical (unpaired) electrons. The van der Waals surface area contributed by atoms with Gasteiger partial charge < -0.3 is 10.1 Å². The molecule has 0 unspecified atom stereocenters. The summed E-state index contributed by atoms with van der Waals surface area (Å²) in [5.41, 5.74) is 2.38. The number of thioether (sulfide) groups is 1. The van der Waals surface area contributed by atoms with Gasteiger partial charge in [-0.15, -0.1) is 11.8 Å². The number of carbonyl (C=O) groups is 1. The summed E-state index contributed by atoms with van der Waals surface area (Å²) in [4.78, 5) is 18.7. The second kappa shape index (κ2) is 9.58. The van der Waals surface area contributed by atoms with Crippen LogP contribution in [0.2, 0.25) is 0 Å². The molecule has 3 aromatic rings. The fourth-order valence-corrected chi connectivity index (χ4v) is 3.83. The number of aromatic nitrogens is 1. The first-order valence-electron chi connectivity index (χ1n) is 9.02. The van der Waals surface area contributed by atoms with Crippen LogP contribution in [-0.4, -0.2) is 28.7 Å². The van der Waals surface area contributed by atoms with E-state index in [0.717, 1.165) is 15.5 Å². The van der Waals surface area contributed by atoms with E-state index in [2.05, 4.69) is 5.32 Å². The highest BCUT2D eigenvalue weighted by Gasteiger charge is 2.10. The first kappa shape index (κ1) is 20.9. The van der Waals surface area contributed by atoms with Crippen molar-refractivity contribution in [2.45, 2.75) is 18.7 Å². The predicted octanol–water partition coefficient (Wildman–Crippen LogP) is 4.88. The lowest BCUT2D eigenvalue weighted by Gasteiger charge is -2.11. The Morgan fingerprint density at radius 2 is 2.00 bits per heavy atom. The number of aliphatic imine (C=N–C) groups is 1. The van der Waals surface area contributed by atoms with Crippen LogP contribution in [0.3, 0.4) is 0 Å². The second-order valence-corrected chi connectivity index (χ2v) is 8.16. The minimum atomic E-state index is -0.355. The molecule has 0 bridgehead atoms. The van der Waals surface area contributed by atoms with Crippen molar-refractivity contribution in [3.63, 3.8) is 0 Å². The molecule has 1 heterocycles. The van der Waals surface area contributed by atoms with E-state index in [9.17, 15) is 4.79 Å². The van der Waals surface area contributed by atoms with Gasteiger partial charge in [0, 0.05) is 15.5 Å². The highest BCUT2D eigenvalue weighted by molar-refractivity contribution is 7.98. The van der Waals surface area contributed by atoms with E-state index in [4.69, 9.17) is 15.1 Å². The van der Waals surface area contributed by atoms with E-state index in [1.165, 1.54) is 11.5 Å². The van der Waals surface area contributed by atoms with Crippen LogP contribution in [0.25, 0.3) is 0 Å². The number of hydrogen-bond acceptors (Lipinski definition) is 6. The Balaban J connectivity index is 1.97. The van der Waals surface area contributed by atoms with E-state index in [1.807, 2.05) is 37.4 Å². The summed E-state index contributed by atoms with van der Waals surface area (Å²) < 4.78 is 6.76. The number of aryl methyl sites for hydroxylation is 1. The monoisotopic (exact) mass is 426 g/mol. The zero-order valence-electron chi connectivity index (χ0n) is 16.4. The highest BCUT2D eigenvalue weighted by atomic mass is 32.2. The van der Waals surface area contributed by atoms with Crippen LogP contribution in [-0.2, 0) is 4.74 Å². The van der Waals surface area contributed by atoms with Crippen LogP contribution in [0.5, 0.6) is 0 Å². The number of nitrogens with one attached hydrogen (secondary N) is 2. The maximum absolute atomic E-state index is 11.8. The van der Waals surface area contributed by atoms with Crippen molar-refractivity contribution in [3.8, 4) is 0 Å². The molecule has 0 fully saturated rings. The van der Waals surface area contributed by atoms with Crippen LogP contribution < -0.4 is 10.8 Å². The maximum atomic E-state index is 11.8. The van der Waals surface area contributed by atoms with Gasteiger partial charge in [-0.05, 0) is 68.6 Å². The molecule has 0 atom stereocenters. The van der Waals surface area contributed by atoms with Crippen molar-refractivity contribution in [1.82, 2.24) is 3.96 Å². The van der Waals surface area contributed by atoms with Crippen molar-refractivity contribution < 1.29 is 9.53 Å². The summed E-state index contributed by atoms with van der Waals surface area (Å²) in [5, 5.41) is 11.6. The Kier molecular flexibility index (Phi) is 6.90. The summed E-state index contributed by atoms with van der Waals surface area (Å²) in [5.74, 6) is 0.169. The summed E-state index contributed by atoms with van der Waals surface area (Å²) in [7, 11) is 0. The van der Waals surface area contributed by atoms with E-state index in [-0.39, 0.29) is 5.97 Å². The van der Waals surface area contributed by atoms with Gasteiger partial charge in [0.05, 0.1) is 17.9 Å². The van der Waals surface area contributed by atoms with Gasteiger partial charge in [0.1, 0.15) is 5.49 Å². The molecule has 0 amide bonds. The Bertz CT molecular complexity index is 1080. The maximum Gasteiger partial charge on any atom is 0.338 e. The molecule has 0 aliphatic heterocycles. The first-order valence-corrected chi connectivity index (χ1v) is 11.0. The van der Waals surface area contributed by atoms with Gasteiger partial charge in [-0.25, -0.2) is 13.7 Å². The molecule has 2 aromatic carbocycles. The standard InChI is InChI=1S/C21H22N4O2S2/c1-4-27-20(26)15-8-10-16(11-9-15)23-21(25-19(22)12-14(2)29-25)24-17-6-5-7-18(13-17)28-3/h5-13,22H,4H2,1-3H3,(H,23,24). The van der Waals surface area contributed by atoms with Gasteiger partial charge in [-0.1, -0.05) is 17.6 Å². The Morgan fingerprint density at radius 3 is 2.62 bits per heavy atom. The minimum absolute atomic E-state index is 0.336. The van der Waals surface area contributed by atoms with Crippen molar-refractivity contribution in [1.29, 1.82) is 5.41 Å². The molecule has 150 valence electrons. The molecule has 29 heavy (non-hydrogen) atoms. The average molecular weight is 427 g/mol. The lowest BCUT2D eigenvalue weighted by Crippen LogP contribution is -2.28. The summed E-state index contributed by atoms with van der Waals surface area (Å²) in [6.45, 7) is 4.07. The molecular formula is C21H22N4O2S2. The second-order valence-electron chi connectivity index (χ2n) is 6.09. The van der Waals surface area contributed by atoms with E-state index in [1.54, 1.807) is 53.0 Å². The highest BCUT2D eigenvalue weighted by Crippen LogP contribution is 2.21. The van der Waals surface area contributed by atoms with Crippen LogP contribution in [0.1, 0.15) is 22.2 Å². The number of ether oxygens (including phenoxy) is 1. The normalized spacial score (nSPS) is 11.3. The average Bonchev–Trinajstić information content (AvgIpc) is 3.06. The molecule has 2 N–H and O–H groups in total. The molecule has 0 aliphatic rings. The quantitative estimate of drug-likeness (QED) is 0.264. The molecule has 0 saturated heterocycles. The lowest BCUT2D eigenvalue weighted by molar-refractivity contribution is 0.0526. The van der Waals surface area contributed by atoms with Crippen LogP contribution >= 0.6 is 23.3 Å². The van der Waals surface area contributed by atoms with Crippen LogP contribution in [0, 0.1) is 12.3 Å². The van der Waals surface area contributed by atoms with Gasteiger partial charge >= 0.3 is 5.97 Å². The molecule has 1 aromatic heterocycles.